The summed E-state index contributed by atoms with van der Waals surface area (Å²) in [5, 5.41) is 1.61. The lowest BCUT2D eigenvalue weighted by atomic mass is 9.89. The van der Waals surface area contributed by atoms with Crippen molar-refractivity contribution in [2.45, 2.75) is 19.1 Å². The zero-order chi connectivity index (χ0) is 26.1. The number of ether oxygens (including phenoxy) is 4. The first-order valence-electron chi connectivity index (χ1n) is 11.9. The minimum absolute atomic E-state index is 0.371. The molecule has 3 atom stereocenters. The summed E-state index contributed by atoms with van der Waals surface area (Å²) in [4.78, 5) is 35.0. The number of methoxy groups -OCH3 is 3. The highest BCUT2D eigenvalue weighted by molar-refractivity contribution is 6.24. The van der Waals surface area contributed by atoms with E-state index in [0.29, 0.717) is 46.5 Å². The van der Waals surface area contributed by atoms with Crippen molar-refractivity contribution in [3.63, 3.8) is 0 Å². The molecule has 0 radical (unpaired) electrons. The number of fused-ring (bicyclic) bond motifs is 1. The molecule has 0 N–H and O–H groups in total. The van der Waals surface area contributed by atoms with Crippen molar-refractivity contribution in [2.24, 2.45) is 5.92 Å². The summed E-state index contributed by atoms with van der Waals surface area (Å²) in [5.74, 6) is 0.346. The van der Waals surface area contributed by atoms with Crippen molar-refractivity contribution in [1.29, 1.82) is 0 Å². The summed E-state index contributed by atoms with van der Waals surface area (Å²) < 4.78 is 22.3. The molecule has 0 spiro atoms. The number of hydrogen-bond donors (Lipinski definition) is 0. The molecule has 2 saturated heterocycles. The molecule has 3 unspecified atom stereocenters. The Bertz CT molecular complexity index is 1310. The number of amides is 2. The third-order valence-electron chi connectivity index (χ3n) is 6.57. The van der Waals surface area contributed by atoms with Crippen molar-refractivity contribution < 1.29 is 33.4 Å². The third kappa shape index (κ3) is 4.11. The number of anilines is 2. The molecule has 2 aliphatic heterocycles. The van der Waals surface area contributed by atoms with Crippen LogP contribution in [0.4, 0.5) is 11.4 Å². The van der Waals surface area contributed by atoms with E-state index in [2.05, 4.69) is 0 Å². The van der Waals surface area contributed by atoms with E-state index >= 15 is 0 Å². The summed E-state index contributed by atoms with van der Waals surface area (Å²) in [6, 6.07) is 19.0. The molecule has 3 aromatic carbocycles. The molecule has 5 rings (SSSR count). The minimum atomic E-state index is -1.02. The maximum Gasteiger partial charge on any atom is 0.266 e. The summed E-state index contributed by atoms with van der Waals surface area (Å²) >= 11 is 0. The van der Waals surface area contributed by atoms with E-state index in [1.165, 1.54) is 26.2 Å². The van der Waals surface area contributed by atoms with Crippen LogP contribution in [0.15, 0.2) is 66.7 Å². The predicted molar refractivity (Wildman–Crippen MR) is 136 cm³/mol. The summed E-state index contributed by atoms with van der Waals surface area (Å²) in [7, 11) is 4.61. The molecular weight excluding hydrogens is 476 g/mol. The minimum Gasteiger partial charge on any atom is -0.496 e. The van der Waals surface area contributed by atoms with Gasteiger partial charge in [0.05, 0.1) is 39.3 Å². The van der Waals surface area contributed by atoms with Crippen LogP contribution in [0, 0.1) is 5.92 Å². The molecule has 192 valence electrons. The Morgan fingerprint density at radius 2 is 1.46 bits per heavy atom. The number of carbonyl (C=O) groups excluding carboxylic acids is 2. The number of imide groups is 1. The summed E-state index contributed by atoms with van der Waals surface area (Å²) in [6.45, 7) is 2.34. The highest BCUT2D eigenvalue weighted by atomic mass is 16.7. The second-order valence-corrected chi connectivity index (χ2v) is 8.55. The van der Waals surface area contributed by atoms with Crippen LogP contribution in [0.1, 0.15) is 18.5 Å². The van der Waals surface area contributed by atoms with Crippen molar-refractivity contribution in [3.05, 3.63) is 72.3 Å². The normalized spacial score (nSPS) is 20.7. The molecule has 2 amide bonds. The maximum atomic E-state index is 14.0. The van der Waals surface area contributed by atoms with Crippen molar-refractivity contribution >= 4 is 23.2 Å². The fraction of sp³-hybridized carbons (Fsp3) is 0.286. The second-order valence-electron chi connectivity index (χ2n) is 8.55. The quantitative estimate of drug-likeness (QED) is 0.423. The van der Waals surface area contributed by atoms with Gasteiger partial charge >= 0.3 is 0 Å². The van der Waals surface area contributed by atoms with Crippen molar-refractivity contribution in [3.8, 4) is 23.0 Å². The van der Waals surface area contributed by atoms with E-state index in [0.717, 1.165) is 0 Å². The Kier molecular flexibility index (Phi) is 6.62. The van der Waals surface area contributed by atoms with Crippen molar-refractivity contribution in [2.75, 3.05) is 37.9 Å². The van der Waals surface area contributed by atoms with E-state index in [1.54, 1.807) is 41.5 Å². The lowest BCUT2D eigenvalue weighted by molar-refractivity contribution is -0.126. The summed E-state index contributed by atoms with van der Waals surface area (Å²) in [6.07, 6.45) is -1.02. The molecule has 9 heteroatoms. The van der Waals surface area contributed by atoms with Gasteiger partial charge in [0, 0.05) is 17.7 Å². The van der Waals surface area contributed by atoms with Crippen LogP contribution >= 0.6 is 0 Å². The average molecular weight is 505 g/mol. The standard InChI is InChI=1S/C28H28N2O7/c1-5-36-19-13-9-12-18(14-19)29-27(31)24-25(20-15-22(34-3)23(35-4)16-21(20)33-2)30(37-26(24)28(29)32)17-10-7-6-8-11-17/h6-16,24-26H,5H2,1-4H3. The molecule has 0 saturated carbocycles. The van der Waals surface area contributed by atoms with Gasteiger partial charge in [-0.05, 0) is 37.3 Å². The zero-order valence-electron chi connectivity index (χ0n) is 21.0. The van der Waals surface area contributed by atoms with Gasteiger partial charge in [-0.1, -0.05) is 24.3 Å². The van der Waals surface area contributed by atoms with Gasteiger partial charge in [0.25, 0.3) is 5.91 Å². The molecular formula is C28H28N2O7. The largest absolute Gasteiger partial charge is 0.496 e. The number of nitrogens with zero attached hydrogens (tertiary/aromatic N) is 2. The number of hydroxylamine groups is 1. The maximum absolute atomic E-state index is 14.0. The smallest absolute Gasteiger partial charge is 0.266 e. The van der Waals surface area contributed by atoms with E-state index in [1.807, 2.05) is 37.3 Å². The Hall–Kier alpha value is -4.24. The predicted octanol–water partition coefficient (Wildman–Crippen LogP) is 4.16. The van der Waals surface area contributed by atoms with Crippen molar-refractivity contribution in [1.82, 2.24) is 0 Å². The van der Waals surface area contributed by atoms with E-state index in [-0.39, 0.29) is 5.91 Å². The Morgan fingerprint density at radius 1 is 0.784 bits per heavy atom. The molecule has 0 aliphatic carbocycles. The van der Waals surface area contributed by atoms with E-state index in [4.69, 9.17) is 23.8 Å². The molecule has 9 nitrogen and oxygen atoms in total. The number of benzene rings is 3. The second kappa shape index (κ2) is 10.0. The zero-order valence-corrected chi connectivity index (χ0v) is 21.0. The number of rotatable bonds is 8. The van der Waals surface area contributed by atoms with Crippen LogP contribution in [0.2, 0.25) is 0 Å². The van der Waals surface area contributed by atoms with Crippen LogP contribution < -0.4 is 28.9 Å². The SMILES string of the molecule is CCOc1cccc(N2C(=O)C3ON(c4ccccc4)C(c4cc(OC)c(OC)cc4OC)C3C2=O)c1. The van der Waals surface area contributed by atoms with E-state index < -0.39 is 24.0 Å². The average Bonchev–Trinajstić information content (AvgIpc) is 3.44. The Balaban J connectivity index is 1.63. The molecule has 2 heterocycles. The lowest BCUT2D eigenvalue weighted by Crippen LogP contribution is -2.37. The van der Waals surface area contributed by atoms with Gasteiger partial charge in [0.15, 0.2) is 17.6 Å². The van der Waals surface area contributed by atoms with Crippen LogP contribution in [-0.4, -0.2) is 45.9 Å². The highest BCUT2D eigenvalue weighted by Crippen LogP contribution is 2.51. The lowest BCUT2D eigenvalue weighted by Gasteiger charge is -2.30. The first kappa shape index (κ1) is 24.5. The van der Waals surface area contributed by atoms with Gasteiger partial charge in [0.1, 0.15) is 23.5 Å². The molecule has 37 heavy (non-hydrogen) atoms. The van der Waals surface area contributed by atoms with Gasteiger partial charge in [-0.25, -0.2) is 9.96 Å². The van der Waals surface area contributed by atoms with Crippen LogP contribution in [0.25, 0.3) is 0 Å². The third-order valence-corrected chi connectivity index (χ3v) is 6.57. The van der Waals surface area contributed by atoms with Crippen LogP contribution in [-0.2, 0) is 14.4 Å². The van der Waals surface area contributed by atoms with Gasteiger partial charge in [-0.3, -0.25) is 14.4 Å². The number of para-hydroxylation sites is 1. The fourth-order valence-corrected chi connectivity index (χ4v) is 4.95. The first-order valence-corrected chi connectivity index (χ1v) is 11.9. The monoisotopic (exact) mass is 504 g/mol. The molecule has 2 aliphatic rings. The Labute approximate surface area is 215 Å². The fourth-order valence-electron chi connectivity index (χ4n) is 4.95. The first-order chi connectivity index (χ1) is 18.0. The number of carbonyl (C=O) groups is 2. The number of hydrogen-bond acceptors (Lipinski definition) is 8. The van der Waals surface area contributed by atoms with Gasteiger partial charge in [-0.2, -0.15) is 0 Å². The van der Waals surface area contributed by atoms with E-state index in [9.17, 15) is 9.59 Å². The molecule has 2 fully saturated rings. The van der Waals surface area contributed by atoms with Gasteiger partial charge in [0.2, 0.25) is 5.91 Å². The van der Waals surface area contributed by atoms with Gasteiger partial charge < -0.3 is 18.9 Å². The molecule has 3 aromatic rings. The van der Waals surface area contributed by atoms with Gasteiger partial charge in [-0.15, -0.1) is 0 Å². The molecule has 0 aromatic heterocycles. The van der Waals surface area contributed by atoms with Crippen LogP contribution in [0.3, 0.4) is 0 Å². The Morgan fingerprint density at radius 3 is 2.14 bits per heavy atom. The molecule has 0 bridgehead atoms. The highest BCUT2D eigenvalue weighted by Gasteiger charge is 2.61. The topological polar surface area (TPSA) is 86.8 Å². The summed E-state index contributed by atoms with van der Waals surface area (Å²) in [5.41, 5.74) is 1.76. The van der Waals surface area contributed by atoms with Crippen LogP contribution in [0.5, 0.6) is 23.0 Å².